The van der Waals surface area contributed by atoms with E-state index >= 15 is 0 Å². The van der Waals surface area contributed by atoms with Crippen molar-refractivity contribution < 1.29 is 9.59 Å². The lowest BCUT2D eigenvalue weighted by atomic mass is 10.00. The molecule has 140 valence electrons. The van der Waals surface area contributed by atoms with Crippen molar-refractivity contribution in [1.82, 2.24) is 9.97 Å². The van der Waals surface area contributed by atoms with Crippen LogP contribution in [-0.2, 0) is 6.42 Å². The fourth-order valence-corrected chi connectivity index (χ4v) is 3.83. The molecule has 0 aliphatic carbocycles. The molecule has 0 saturated carbocycles. The number of fused-ring (bicyclic) bond motifs is 1. The first-order valence-electron chi connectivity index (χ1n) is 9.35. The molecule has 2 aromatic heterocycles. The van der Waals surface area contributed by atoms with Crippen LogP contribution in [0.3, 0.4) is 0 Å². The highest BCUT2D eigenvalue weighted by atomic mass is 32.1. The van der Waals surface area contributed by atoms with E-state index in [0.29, 0.717) is 36.6 Å². The van der Waals surface area contributed by atoms with Crippen LogP contribution in [0.4, 0.5) is 0 Å². The summed E-state index contributed by atoms with van der Waals surface area (Å²) < 4.78 is 1.15. The van der Waals surface area contributed by atoms with E-state index in [9.17, 15) is 9.59 Å². The number of benzene rings is 1. The largest absolute Gasteiger partial charge is 0.292 e. The van der Waals surface area contributed by atoms with Crippen LogP contribution < -0.4 is 0 Å². The number of nitrogens with zero attached hydrogens (tertiary/aromatic N) is 2. The van der Waals surface area contributed by atoms with Crippen molar-refractivity contribution in [1.29, 1.82) is 0 Å². The van der Waals surface area contributed by atoms with Gasteiger partial charge in [-0.2, -0.15) is 0 Å². The van der Waals surface area contributed by atoms with Crippen molar-refractivity contribution in [2.24, 2.45) is 5.92 Å². The first-order chi connectivity index (χ1) is 13.0. The summed E-state index contributed by atoms with van der Waals surface area (Å²) in [6.45, 7) is 6.11. The predicted octanol–water partition coefficient (Wildman–Crippen LogP) is 5.43. The Labute approximate surface area is 163 Å². The fourth-order valence-electron chi connectivity index (χ4n) is 2.94. The van der Waals surface area contributed by atoms with Gasteiger partial charge in [-0.1, -0.05) is 32.4 Å². The molecule has 0 fully saturated rings. The van der Waals surface area contributed by atoms with Gasteiger partial charge in [0.15, 0.2) is 11.6 Å². The lowest BCUT2D eigenvalue weighted by Crippen LogP contribution is -2.11. The lowest BCUT2D eigenvalue weighted by Gasteiger charge is -2.07. The molecule has 1 unspecified atom stereocenters. The smallest absolute Gasteiger partial charge is 0.181 e. The summed E-state index contributed by atoms with van der Waals surface area (Å²) >= 11 is 1.66. The number of pyridine rings is 1. The molecule has 2 heterocycles. The van der Waals surface area contributed by atoms with Gasteiger partial charge in [0.1, 0.15) is 11.4 Å². The molecule has 5 heteroatoms. The summed E-state index contributed by atoms with van der Waals surface area (Å²) in [5.74, 6) is 0.294. The Kier molecular flexibility index (Phi) is 6.11. The number of Topliss-reactive ketones (excluding diaryl/α,β-unsaturated/α-hetero) is 2. The minimum Gasteiger partial charge on any atom is -0.292 e. The Morgan fingerprint density at radius 3 is 2.56 bits per heavy atom. The van der Waals surface area contributed by atoms with Gasteiger partial charge in [-0.3, -0.25) is 9.59 Å². The van der Waals surface area contributed by atoms with Crippen molar-refractivity contribution in [3.8, 4) is 0 Å². The molecule has 0 amide bonds. The third-order valence-corrected chi connectivity index (χ3v) is 5.69. The molecule has 0 spiro atoms. The van der Waals surface area contributed by atoms with Crippen molar-refractivity contribution in [2.75, 3.05) is 0 Å². The molecule has 0 bridgehead atoms. The molecule has 1 aromatic carbocycles. The Bertz CT molecular complexity index is 977. The van der Waals surface area contributed by atoms with E-state index in [0.717, 1.165) is 27.2 Å². The molecule has 3 rings (SSSR count). The summed E-state index contributed by atoms with van der Waals surface area (Å²) in [6.07, 6.45) is 2.45. The van der Waals surface area contributed by atoms with Crippen LogP contribution in [0.2, 0.25) is 0 Å². The zero-order chi connectivity index (χ0) is 19.4. The zero-order valence-electron chi connectivity index (χ0n) is 16.0. The summed E-state index contributed by atoms with van der Waals surface area (Å²) in [5.41, 5.74) is 2.88. The SMILES string of the molecule is CCC(C)CC(=O)c1cccc(C(=O)CCc2ccc3nc(C)sc3c2)n1. The molecule has 3 aromatic rings. The van der Waals surface area contributed by atoms with E-state index in [1.807, 2.05) is 26.0 Å². The van der Waals surface area contributed by atoms with Crippen LogP contribution in [0.1, 0.15) is 64.7 Å². The van der Waals surface area contributed by atoms with Crippen LogP contribution in [0, 0.1) is 12.8 Å². The highest BCUT2D eigenvalue weighted by Crippen LogP contribution is 2.23. The fraction of sp³-hybridized carbons (Fsp3) is 0.364. The summed E-state index contributed by atoms with van der Waals surface area (Å²) in [4.78, 5) is 33.6. The molecular weight excluding hydrogens is 356 g/mol. The van der Waals surface area contributed by atoms with Crippen molar-refractivity contribution in [3.63, 3.8) is 0 Å². The molecule has 0 aliphatic rings. The van der Waals surface area contributed by atoms with E-state index < -0.39 is 0 Å². The molecule has 0 radical (unpaired) electrons. The van der Waals surface area contributed by atoms with E-state index in [1.54, 1.807) is 29.5 Å². The van der Waals surface area contributed by atoms with Crippen molar-refractivity contribution in [3.05, 3.63) is 58.4 Å². The maximum absolute atomic E-state index is 12.6. The van der Waals surface area contributed by atoms with Gasteiger partial charge in [-0.25, -0.2) is 9.97 Å². The first-order valence-corrected chi connectivity index (χ1v) is 10.2. The average Bonchev–Trinajstić information content (AvgIpc) is 3.05. The molecule has 4 nitrogen and oxygen atoms in total. The molecule has 0 saturated heterocycles. The average molecular weight is 381 g/mol. The highest BCUT2D eigenvalue weighted by molar-refractivity contribution is 7.18. The predicted molar refractivity (Wildman–Crippen MR) is 110 cm³/mol. The zero-order valence-corrected chi connectivity index (χ0v) is 16.8. The van der Waals surface area contributed by atoms with Gasteiger partial charge in [0, 0.05) is 12.8 Å². The number of carbonyl (C=O) groups excluding carboxylic acids is 2. The van der Waals surface area contributed by atoms with E-state index in [2.05, 4.69) is 23.0 Å². The Balaban J connectivity index is 1.66. The van der Waals surface area contributed by atoms with Gasteiger partial charge in [-0.05, 0) is 49.1 Å². The molecular formula is C22H24N2O2S. The van der Waals surface area contributed by atoms with Crippen molar-refractivity contribution in [2.45, 2.75) is 46.5 Å². The van der Waals surface area contributed by atoms with Gasteiger partial charge in [0.2, 0.25) is 0 Å². The minimum absolute atomic E-state index is 0.00465. The normalized spacial score (nSPS) is 12.3. The molecule has 0 N–H and O–H groups in total. The number of ketones is 2. The number of aromatic nitrogens is 2. The lowest BCUT2D eigenvalue weighted by molar-refractivity contribution is 0.0958. The van der Waals surface area contributed by atoms with Crippen LogP contribution in [-0.4, -0.2) is 21.5 Å². The number of thiazole rings is 1. The van der Waals surface area contributed by atoms with Gasteiger partial charge < -0.3 is 0 Å². The monoisotopic (exact) mass is 380 g/mol. The second kappa shape index (κ2) is 8.53. The number of rotatable bonds is 8. The van der Waals surface area contributed by atoms with Crippen LogP contribution in [0.5, 0.6) is 0 Å². The van der Waals surface area contributed by atoms with E-state index in [1.165, 1.54) is 0 Å². The van der Waals surface area contributed by atoms with Gasteiger partial charge >= 0.3 is 0 Å². The van der Waals surface area contributed by atoms with Crippen LogP contribution >= 0.6 is 11.3 Å². The van der Waals surface area contributed by atoms with E-state index in [4.69, 9.17) is 0 Å². The number of aryl methyl sites for hydroxylation is 2. The number of hydrogen-bond donors (Lipinski definition) is 0. The van der Waals surface area contributed by atoms with Gasteiger partial charge in [0.25, 0.3) is 0 Å². The second-order valence-corrected chi connectivity index (χ2v) is 8.24. The topological polar surface area (TPSA) is 59.9 Å². The third-order valence-electron chi connectivity index (χ3n) is 4.75. The highest BCUT2D eigenvalue weighted by Gasteiger charge is 2.14. The van der Waals surface area contributed by atoms with Gasteiger partial charge in [0.05, 0.1) is 15.2 Å². The van der Waals surface area contributed by atoms with Crippen LogP contribution in [0.25, 0.3) is 10.2 Å². The molecule has 0 aliphatic heterocycles. The standard InChI is InChI=1S/C22H24N2O2S/c1-4-14(2)12-21(26)18-7-5-6-17(24-18)20(25)11-9-16-8-10-19-22(13-16)27-15(3)23-19/h5-8,10,13-14H,4,9,11-12H2,1-3H3. The van der Waals surface area contributed by atoms with Crippen LogP contribution in [0.15, 0.2) is 36.4 Å². The molecule has 1 atom stereocenters. The number of hydrogen-bond acceptors (Lipinski definition) is 5. The Morgan fingerprint density at radius 1 is 1.07 bits per heavy atom. The second-order valence-electron chi connectivity index (χ2n) is 7.01. The van der Waals surface area contributed by atoms with Gasteiger partial charge in [-0.15, -0.1) is 11.3 Å². The van der Waals surface area contributed by atoms with E-state index in [-0.39, 0.29) is 11.6 Å². The summed E-state index contributed by atoms with van der Waals surface area (Å²) in [7, 11) is 0. The van der Waals surface area contributed by atoms with Crippen molar-refractivity contribution >= 4 is 33.1 Å². The Hall–Kier alpha value is -2.40. The number of carbonyl (C=O) groups is 2. The molecule has 27 heavy (non-hydrogen) atoms. The first kappa shape index (κ1) is 19.4. The summed E-state index contributed by atoms with van der Waals surface area (Å²) in [6, 6.07) is 11.3. The maximum Gasteiger partial charge on any atom is 0.181 e. The Morgan fingerprint density at radius 2 is 1.81 bits per heavy atom. The summed E-state index contributed by atoms with van der Waals surface area (Å²) in [5, 5.41) is 1.04. The quantitative estimate of drug-likeness (QED) is 0.489. The third kappa shape index (κ3) is 4.86. The maximum atomic E-state index is 12.6. The minimum atomic E-state index is -0.0335.